The molecule has 1 atom stereocenters. The summed E-state index contributed by atoms with van der Waals surface area (Å²) in [4.78, 5) is 25.5. The quantitative estimate of drug-likeness (QED) is 0.848. The molecule has 0 saturated carbocycles. The van der Waals surface area contributed by atoms with E-state index in [0.717, 1.165) is 0 Å². The largest absolute Gasteiger partial charge is 0.326 e. The van der Waals surface area contributed by atoms with E-state index in [-0.39, 0.29) is 16.3 Å². The van der Waals surface area contributed by atoms with Crippen LogP contribution in [0, 0.1) is 0 Å². The van der Waals surface area contributed by atoms with E-state index in [4.69, 9.17) is 0 Å². The van der Waals surface area contributed by atoms with Gasteiger partial charge in [0.05, 0.1) is 4.83 Å². The molecule has 1 amide bonds. The van der Waals surface area contributed by atoms with E-state index in [1.165, 1.54) is 6.20 Å². The van der Waals surface area contributed by atoms with E-state index in [0.29, 0.717) is 17.8 Å². The number of halogens is 1. The van der Waals surface area contributed by atoms with Crippen molar-refractivity contribution in [2.45, 2.75) is 18.2 Å². The standard InChI is InChI=1S/C11H12BrN3O2/c1-2-7(12)10(16)14-9-4-3-8-11(17)13-5-6-15(8)9/h3-7H,2H2,1H3,(H,13,17)(H,14,16). The SMILES string of the molecule is CCC(Br)C(=O)Nc1ccc2c(=O)[nH]ccn12. The Bertz CT molecular complexity index is 602. The van der Waals surface area contributed by atoms with Gasteiger partial charge in [-0.25, -0.2) is 0 Å². The Labute approximate surface area is 106 Å². The zero-order valence-electron chi connectivity index (χ0n) is 9.24. The third-order valence-corrected chi connectivity index (χ3v) is 3.55. The Balaban J connectivity index is 2.35. The maximum Gasteiger partial charge on any atom is 0.272 e. The molecule has 6 heteroatoms. The van der Waals surface area contributed by atoms with Gasteiger partial charge in [0.1, 0.15) is 11.3 Å². The Hall–Kier alpha value is -1.56. The number of nitrogens with zero attached hydrogens (tertiary/aromatic N) is 1. The minimum absolute atomic E-state index is 0.118. The van der Waals surface area contributed by atoms with Crippen LogP contribution in [0.15, 0.2) is 29.3 Å². The van der Waals surface area contributed by atoms with Gasteiger partial charge in [-0.1, -0.05) is 22.9 Å². The summed E-state index contributed by atoms with van der Waals surface area (Å²) in [7, 11) is 0. The molecule has 90 valence electrons. The third-order valence-electron chi connectivity index (χ3n) is 2.48. The molecule has 0 aliphatic carbocycles. The molecule has 0 aliphatic rings. The lowest BCUT2D eigenvalue weighted by molar-refractivity contribution is -0.115. The summed E-state index contributed by atoms with van der Waals surface area (Å²) in [5.74, 6) is 0.474. The molecule has 0 aromatic carbocycles. The average molecular weight is 298 g/mol. The summed E-state index contributed by atoms with van der Waals surface area (Å²) in [6, 6.07) is 3.38. The summed E-state index contributed by atoms with van der Waals surface area (Å²) in [5.41, 5.74) is 0.323. The van der Waals surface area contributed by atoms with Gasteiger partial charge in [-0.2, -0.15) is 0 Å². The molecule has 0 fully saturated rings. The van der Waals surface area contributed by atoms with Crippen molar-refractivity contribution in [2.24, 2.45) is 0 Å². The summed E-state index contributed by atoms with van der Waals surface area (Å²) in [6.07, 6.45) is 3.94. The molecule has 0 radical (unpaired) electrons. The number of aromatic amines is 1. The highest BCUT2D eigenvalue weighted by Crippen LogP contribution is 2.14. The van der Waals surface area contributed by atoms with E-state index in [2.05, 4.69) is 26.2 Å². The monoisotopic (exact) mass is 297 g/mol. The van der Waals surface area contributed by atoms with Gasteiger partial charge < -0.3 is 10.3 Å². The number of rotatable bonds is 3. The maximum absolute atomic E-state index is 11.7. The second-order valence-corrected chi connectivity index (χ2v) is 4.73. The Kier molecular flexibility index (Phi) is 3.33. The molecule has 0 saturated heterocycles. The van der Waals surface area contributed by atoms with Crippen LogP contribution >= 0.6 is 15.9 Å². The van der Waals surface area contributed by atoms with Crippen molar-refractivity contribution >= 4 is 33.2 Å². The lowest BCUT2D eigenvalue weighted by Crippen LogP contribution is -2.23. The number of aromatic nitrogens is 2. The van der Waals surface area contributed by atoms with Crippen LogP contribution in [0.2, 0.25) is 0 Å². The smallest absolute Gasteiger partial charge is 0.272 e. The number of H-pyrrole nitrogens is 1. The first kappa shape index (κ1) is 11.9. The number of carbonyl (C=O) groups excluding carboxylic acids is 1. The molecule has 0 spiro atoms. The molecule has 2 heterocycles. The number of carbonyl (C=O) groups is 1. The van der Waals surface area contributed by atoms with E-state index >= 15 is 0 Å². The summed E-state index contributed by atoms with van der Waals surface area (Å²) >= 11 is 3.28. The molecule has 0 bridgehead atoms. The molecular formula is C11H12BrN3O2. The second kappa shape index (κ2) is 4.75. The first-order chi connectivity index (χ1) is 8.13. The van der Waals surface area contributed by atoms with Gasteiger partial charge in [0.15, 0.2) is 0 Å². The van der Waals surface area contributed by atoms with Gasteiger partial charge >= 0.3 is 0 Å². The molecule has 5 nitrogen and oxygen atoms in total. The average Bonchev–Trinajstić information content (AvgIpc) is 2.73. The number of alkyl halides is 1. The lowest BCUT2D eigenvalue weighted by atomic mass is 10.3. The first-order valence-corrected chi connectivity index (χ1v) is 6.18. The molecule has 2 aromatic rings. The fourth-order valence-electron chi connectivity index (χ4n) is 1.55. The first-order valence-electron chi connectivity index (χ1n) is 5.27. The van der Waals surface area contributed by atoms with Crippen LogP contribution in [-0.4, -0.2) is 20.1 Å². The molecule has 2 rings (SSSR count). The van der Waals surface area contributed by atoms with E-state index < -0.39 is 0 Å². The molecule has 17 heavy (non-hydrogen) atoms. The molecular weight excluding hydrogens is 286 g/mol. The molecule has 1 unspecified atom stereocenters. The highest BCUT2D eigenvalue weighted by Gasteiger charge is 2.14. The predicted octanol–water partition coefficient (Wildman–Crippen LogP) is 1.74. The highest BCUT2D eigenvalue weighted by molar-refractivity contribution is 9.10. The van der Waals surface area contributed by atoms with Crippen molar-refractivity contribution in [3.63, 3.8) is 0 Å². The Morgan fingerprint density at radius 2 is 2.35 bits per heavy atom. The minimum Gasteiger partial charge on any atom is -0.326 e. The summed E-state index contributed by atoms with van der Waals surface area (Å²) in [6.45, 7) is 1.92. The fraction of sp³-hybridized carbons (Fsp3) is 0.273. The van der Waals surface area contributed by atoms with Crippen molar-refractivity contribution in [2.75, 3.05) is 5.32 Å². The van der Waals surface area contributed by atoms with Crippen LogP contribution in [0.5, 0.6) is 0 Å². The van der Waals surface area contributed by atoms with Crippen LogP contribution in [-0.2, 0) is 4.79 Å². The highest BCUT2D eigenvalue weighted by atomic mass is 79.9. The third kappa shape index (κ3) is 2.26. The van der Waals surface area contributed by atoms with E-state index in [9.17, 15) is 9.59 Å². The van der Waals surface area contributed by atoms with Crippen molar-refractivity contribution < 1.29 is 4.79 Å². The zero-order valence-corrected chi connectivity index (χ0v) is 10.8. The van der Waals surface area contributed by atoms with Gasteiger partial charge in [0.2, 0.25) is 5.91 Å². The van der Waals surface area contributed by atoms with Crippen LogP contribution in [0.1, 0.15) is 13.3 Å². The molecule has 2 aromatic heterocycles. The van der Waals surface area contributed by atoms with Gasteiger partial charge in [-0.15, -0.1) is 0 Å². The van der Waals surface area contributed by atoms with Crippen LogP contribution in [0.25, 0.3) is 5.52 Å². The number of hydrogen-bond donors (Lipinski definition) is 2. The fourth-order valence-corrected chi connectivity index (χ4v) is 1.66. The van der Waals surface area contributed by atoms with Crippen molar-refractivity contribution in [3.8, 4) is 0 Å². The number of fused-ring (bicyclic) bond motifs is 1. The summed E-state index contributed by atoms with van der Waals surface area (Å²) in [5, 5.41) is 2.77. The zero-order chi connectivity index (χ0) is 12.4. The van der Waals surface area contributed by atoms with Crippen LogP contribution in [0.4, 0.5) is 5.82 Å². The van der Waals surface area contributed by atoms with Gasteiger partial charge in [0, 0.05) is 12.4 Å². The van der Waals surface area contributed by atoms with Gasteiger partial charge in [-0.3, -0.25) is 14.0 Å². The molecule has 2 N–H and O–H groups in total. The van der Waals surface area contributed by atoms with Crippen molar-refractivity contribution in [1.82, 2.24) is 9.38 Å². The number of nitrogens with one attached hydrogen (secondary N) is 2. The Morgan fingerprint density at radius 1 is 1.59 bits per heavy atom. The normalized spacial score (nSPS) is 12.6. The van der Waals surface area contributed by atoms with Crippen molar-refractivity contribution in [3.05, 3.63) is 34.9 Å². The predicted molar refractivity (Wildman–Crippen MR) is 69.7 cm³/mol. The topological polar surface area (TPSA) is 66.4 Å². The minimum atomic E-state index is -0.227. The number of amides is 1. The Morgan fingerprint density at radius 3 is 3.06 bits per heavy atom. The van der Waals surface area contributed by atoms with Crippen molar-refractivity contribution in [1.29, 1.82) is 0 Å². The second-order valence-electron chi connectivity index (χ2n) is 3.63. The van der Waals surface area contributed by atoms with Gasteiger partial charge in [-0.05, 0) is 18.6 Å². The van der Waals surface area contributed by atoms with Crippen LogP contribution < -0.4 is 10.9 Å². The van der Waals surface area contributed by atoms with Gasteiger partial charge in [0.25, 0.3) is 5.56 Å². The molecule has 0 aliphatic heterocycles. The summed E-state index contributed by atoms with van der Waals surface area (Å²) < 4.78 is 1.64. The van der Waals surface area contributed by atoms with E-state index in [1.807, 2.05) is 6.92 Å². The van der Waals surface area contributed by atoms with E-state index in [1.54, 1.807) is 22.7 Å². The number of anilines is 1. The lowest BCUT2D eigenvalue weighted by Gasteiger charge is -2.08. The maximum atomic E-state index is 11.7. The number of hydrogen-bond acceptors (Lipinski definition) is 2. The van der Waals surface area contributed by atoms with Crippen LogP contribution in [0.3, 0.4) is 0 Å².